The van der Waals surface area contributed by atoms with Gasteiger partial charge in [-0.05, 0) is 52.9 Å². The summed E-state index contributed by atoms with van der Waals surface area (Å²) in [6, 6.07) is 12.3. The van der Waals surface area contributed by atoms with E-state index in [0.717, 1.165) is 0 Å². The maximum absolute atomic E-state index is 13.7. The van der Waals surface area contributed by atoms with E-state index in [1.54, 1.807) is 30.3 Å². The molecule has 4 rings (SSSR count). The summed E-state index contributed by atoms with van der Waals surface area (Å²) in [6.07, 6.45) is 1.43. The fraction of sp³-hybridized carbons (Fsp3) is 0. The normalized spacial score (nSPS) is 10.7. The topological polar surface area (TPSA) is 118 Å². The first kappa shape index (κ1) is 16.4. The van der Waals surface area contributed by atoms with Crippen molar-refractivity contribution in [1.29, 1.82) is 0 Å². The van der Waals surface area contributed by atoms with Crippen LogP contribution < -0.4 is 10.9 Å². The molecule has 2 aromatic carbocycles. The van der Waals surface area contributed by atoms with Gasteiger partial charge in [0.1, 0.15) is 17.8 Å². The molecule has 4 aromatic rings. The minimum absolute atomic E-state index is 0.129. The first-order chi connectivity index (χ1) is 13.1. The fourth-order valence-corrected chi connectivity index (χ4v) is 2.54. The summed E-state index contributed by atoms with van der Waals surface area (Å²) >= 11 is 0. The van der Waals surface area contributed by atoms with Crippen LogP contribution in [0.15, 0.2) is 54.9 Å². The van der Waals surface area contributed by atoms with E-state index in [4.69, 9.17) is 0 Å². The summed E-state index contributed by atoms with van der Waals surface area (Å²) in [5.41, 5.74) is 6.23. The van der Waals surface area contributed by atoms with E-state index in [2.05, 4.69) is 31.4 Å². The number of nitrogens with zero attached hydrogens (tertiary/aromatic N) is 4. The fourth-order valence-electron chi connectivity index (χ4n) is 2.54. The van der Waals surface area contributed by atoms with Crippen molar-refractivity contribution in [1.82, 2.24) is 36.0 Å². The molecule has 3 N–H and O–H groups in total. The molecule has 0 radical (unpaired) electrons. The summed E-state index contributed by atoms with van der Waals surface area (Å²) in [5, 5.41) is 11.1. The van der Waals surface area contributed by atoms with Crippen LogP contribution in [-0.4, -0.2) is 37.0 Å². The SMILES string of the molecule is O=C(NNC(=O)c1cc2c(F)cccc2[nH]1)c1ccc(-n2cnnn2)cc1. The summed E-state index contributed by atoms with van der Waals surface area (Å²) in [5.74, 6) is -1.53. The highest BCUT2D eigenvalue weighted by molar-refractivity contribution is 6.00. The maximum atomic E-state index is 13.7. The van der Waals surface area contributed by atoms with Crippen molar-refractivity contribution in [3.8, 4) is 5.69 Å². The van der Waals surface area contributed by atoms with E-state index in [9.17, 15) is 14.0 Å². The van der Waals surface area contributed by atoms with Gasteiger partial charge < -0.3 is 4.98 Å². The lowest BCUT2D eigenvalue weighted by Crippen LogP contribution is -2.41. The van der Waals surface area contributed by atoms with Crippen LogP contribution in [-0.2, 0) is 0 Å². The third-order valence-corrected chi connectivity index (χ3v) is 3.89. The number of fused-ring (bicyclic) bond motifs is 1. The van der Waals surface area contributed by atoms with Gasteiger partial charge in [0.25, 0.3) is 11.8 Å². The molecule has 9 nitrogen and oxygen atoms in total. The van der Waals surface area contributed by atoms with E-state index in [1.807, 2.05) is 0 Å². The molecular formula is C17H12FN7O2. The quantitative estimate of drug-likeness (QED) is 0.474. The minimum Gasteiger partial charge on any atom is -0.350 e. The molecule has 2 aromatic heterocycles. The van der Waals surface area contributed by atoms with Gasteiger partial charge in [-0.3, -0.25) is 20.4 Å². The summed E-state index contributed by atoms with van der Waals surface area (Å²) in [6.45, 7) is 0. The second-order valence-electron chi connectivity index (χ2n) is 5.59. The Hall–Kier alpha value is -4.08. The van der Waals surface area contributed by atoms with Crippen LogP contribution in [0.1, 0.15) is 20.8 Å². The average Bonchev–Trinajstić information content (AvgIpc) is 3.36. The molecule has 0 saturated carbocycles. The number of nitrogens with one attached hydrogen (secondary N) is 3. The van der Waals surface area contributed by atoms with Gasteiger partial charge in [-0.15, -0.1) is 5.10 Å². The minimum atomic E-state index is -0.593. The Balaban J connectivity index is 1.42. The second-order valence-corrected chi connectivity index (χ2v) is 5.59. The number of hydrogen-bond acceptors (Lipinski definition) is 5. The van der Waals surface area contributed by atoms with Crippen molar-refractivity contribution in [2.45, 2.75) is 0 Å². The van der Waals surface area contributed by atoms with Crippen LogP contribution in [0.5, 0.6) is 0 Å². The molecule has 0 aliphatic carbocycles. The van der Waals surface area contributed by atoms with Crippen LogP contribution in [0.4, 0.5) is 4.39 Å². The van der Waals surface area contributed by atoms with Crippen molar-refractivity contribution >= 4 is 22.7 Å². The Bertz CT molecular complexity index is 1120. The predicted molar refractivity (Wildman–Crippen MR) is 92.3 cm³/mol. The number of amides is 2. The number of tetrazole rings is 1. The van der Waals surface area contributed by atoms with Crippen LogP contribution in [0.25, 0.3) is 16.6 Å². The first-order valence-corrected chi connectivity index (χ1v) is 7.83. The molecule has 0 spiro atoms. The second kappa shape index (κ2) is 6.67. The highest BCUT2D eigenvalue weighted by atomic mass is 19.1. The molecule has 0 saturated heterocycles. The van der Waals surface area contributed by atoms with E-state index in [0.29, 0.717) is 22.2 Å². The summed E-state index contributed by atoms with van der Waals surface area (Å²) in [4.78, 5) is 27.1. The highest BCUT2D eigenvalue weighted by Gasteiger charge is 2.13. The average molecular weight is 365 g/mol. The highest BCUT2D eigenvalue weighted by Crippen LogP contribution is 2.18. The molecule has 2 amide bonds. The largest absolute Gasteiger partial charge is 0.350 e. The molecule has 27 heavy (non-hydrogen) atoms. The predicted octanol–water partition coefficient (Wildman–Crippen LogP) is 1.36. The first-order valence-electron chi connectivity index (χ1n) is 7.83. The van der Waals surface area contributed by atoms with E-state index >= 15 is 0 Å². The van der Waals surface area contributed by atoms with Crippen molar-refractivity contribution in [3.05, 3.63) is 71.9 Å². The summed E-state index contributed by atoms with van der Waals surface area (Å²) in [7, 11) is 0. The number of halogens is 1. The Morgan fingerprint density at radius 2 is 1.81 bits per heavy atom. The lowest BCUT2D eigenvalue weighted by Gasteiger charge is -2.07. The number of hydrazine groups is 1. The van der Waals surface area contributed by atoms with Crippen LogP contribution in [0.2, 0.25) is 0 Å². The van der Waals surface area contributed by atoms with Crippen molar-refractivity contribution in [2.75, 3.05) is 0 Å². The lowest BCUT2D eigenvalue weighted by atomic mass is 10.2. The monoisotopic (exact) mass is 365 g/mol. The Morgan fingerprint density at radius 1 is 1.04 bits per heavy atom. The third-order valence-electron chi connectivity index (χ3n) is 3.89. The van der Waals surface area contributed by atoms with E-state index in [1.165, 1.54) is 29.2 Å². The van der Waals surface area contributed by atoms with Crippen molar-refractivity contribution in [3.63, 3.8) is 0 Å². The number of benzene rings is 2. The van der Waals surface area contributed by atoms with E-state index < -0.39 is 17.6 Å². The zero-order valence-corrected chi connectivity index (χ0v) is 13.7. The molecule has 2 heterocycles. The molecule has 0 aliphatic rings. The zero-order valence-electron chi connectivity index (χ0n) is 13.7. The van der Waals surface area contributed by atoms with Gasteiger partial charge in [-0.2, -0.15) is 0 Å². The lowest BCUT2D eigenvalue weighted by molar-refractivity contribution is 0.0844. The van der Waals surface area contributed by atoms with Gasteiger partial charge in [0.2, 0.25) is 0 Å². The number of aromatic nitrogens is 5. The van der Waals surface area contributed by atoms with Crippen LogP contribution in [0.3, 0.4) is 0 Å². The maximum Gasteiger partial charge on any atom is 0.286 e. The molecule has 0 bridgehead atoms. The molecular weight excluding hydrogens is 353 g/mol. The Morgan fingerprint density at radius 3 is 2.52 bits per heavy atom. The number of H-pyrrole nitrogens is 1. The smallest absolute Gasteiger partial charge is 0.286 e. The summed E-state index contributed by atoms with van der Waals surface area (Å²) < 4.78 is 15.1. The van der Waals surface area contributed by atoms with Crippen molar-refractivity contribution < 1.29 is 14.0 Å². The van der Waals surface area contributed by atoms with Crippen LogP contribution in [0, 0.1) is 5.82 Å². The van der Waals surface area contributed by atoms with Crippen LogP contribution >= 0.6 is 0 Å². The molecule has 0 fully saturated rings. The Labute approximate surface area is 151 Å². The number of aromatic amines is 1. The Kier molecular flexibility index (Phi) is 4.05. The van der Waals surface area contributed by atoms with Gasteiger partial charge in [0.15, 0.2) is 0 Å². The standard InChI is InChI=1S/C17H12FN7O2/c18-13-2-1-3-14-12(13)8-15(20-14)17(27)22-21-16(26)10-4-6-11(7-5-10)25-9-19-23-24-25/h1-9,20H,(H,21,26)(H,22,27). The van der Waals surface area contributed by atoms with Gasteiger partial charge >= 0.3 is 0 Å². The molecule has 0 atom stereocenters. The molecule has 134 valence electrons. The number of hydrogen-bond donors (Lipinski definition) is 3. The van der Waals surface area contributed by atoms with Gasteiger partial charge in [-0.1, -0.05) is 6.07 Å². The molecule has 10 heteroatoms. The number of carbonyl (C=O) groups is 2. The third kappa shape index (κ3) is 3.23. The van der Waals surface area contributed by atoms with Gasteiger partial charge in [0, 0.05) is 16.5 Å². The van der Waals surface area contributed by atoms with Gasteiger partial charge in [0.05, 0.1) is 5.69 Å². The molecule has 0 aliphatic heterocycles. The molecule has 0 unspecified atom stereocenters. The van der Waals surface area contributed by atoms with Crippen molar-refractivity contribution in [2.24, 2.45) is 0 Å². The van der Waals surface area contributed by atoms with Gasteiger partial charge in [-0.25, -0.2) is 9.07 Å². The number of carbonyl (C=O) groups excluding carboxylic acids is 2. The number of rotatable bonds is 3. The van der Waals surface area contributed by atoms with E-state index in [-0.39, 0.29) is 5.69 Å². The zero-order chi connectivity index (χ0) is 18.8.